The van der Waals surface area contributed by atoms with Gasteiger partial charge in [-0.3, -0.25) is 15.1 Å². The summed E-state index contributed by atoms with van der Waals surface area (Å²) in [5, 5.41) is 19.8. The predicted octanol–water partition coefficient (Wildman–Crippen LogP) is 2.27. The number of non-ortho nitro benzene ring substituents is 1. The number of aliphatic hydroxyl groups is 1. The second-order valence-electron chi connectivity index (χ2n) is 3.50. The Labute approximate surface area is 103 Å². The average Bonchev–Trinajstić information content (AvgIpc) is 2.40. The van der Waals surface area contributed by atoms with E-state index >= 15 is 0 Å². The van der Waals surface area contributed by atoms with Crippen LogP contribution in [0.1, 0.15) is 5.56 Å². The van der Waals surface area contributed by atoms with E-state index in [4.69, 9.17) is 4.74 Å². The highest BCUT2D eigenvalue weighted by Gasteiger charge is 2.11. The number of rotatable bonds is 4. The second-order valence-corrected chi connectivity index (χ2v) is 3.50. The Morgan fingerprint density at radius 1 is 1.39 bits per heavy atom. The first kappa shape index (κ1) is 12.0. The Balaban J connectivity index is 2.31. The van der Waals surface area contributed by atoms with Crippen molar-refractivity contribution in [1.82, 2.24) is 4.98 Å². The van der Waals surface area contributed by atoms with Gasteiger partial charge in [0, 0.05) is 23.9 Å². The Bertz CT molecular complexity index is 557. The van der Waals surface area contributed by atoms with Crippen molar-refractivity contribution in [2.45, 2.75) is 6.61 Å². The summed E-state index contributed by atoms with van der Waals surface area (Å²) in [6.07, 6.45) is 3.12. The van der Waals surface area contributed by atoms with E-state index in [9.17, 15) is 15.2 Å². The topological polar surface area (TPSA) is 85.5 Å². The van der Waals surface area contributed by atoms with Gasteiger partial charge in [0.1, 0.15) is 11.5 Å². The molecule has 0 spiro atoms. The normalized spacial score (nSPS) is 10.1. The smallest absolute Gasteiger partial charge is 0.270 e. The van der Waals surface area contributed by atoms with Gasteiger partial charge in [-0.05, 0) is 18.2 Å². The third-order valence-corrected chi connectivity index (χ3v) is 2.29. The molecule has 0 unspecified atom stereocenters. The summed E-state index contributed by atoms with van der Waals surface area (Å²) in [4.78, 5) is 14.0. The summed E-state index contributed by atoms with van der Waals surface area (Å²) < 4.78 is 5.49. The predicted molar refractivity (Wildman–Crippen MR) is 63.3 cm³/mol. The van der Waals surface area contributed by atoms with Gasteiger partial charge < -0.3 is 9.84 Å². The quantitative estimate of drug-likeness (QED) is 0.660. The zero-order valence-electron chi connectivity index (χ0n) is 9.31. The number of hydrogen-bond donors (Lipinski definition) is 1. The molecule has 6 heteroatoms. The van der Waals surface area contributed by atoms with E-state index in [0.29, 0.717) is 17.1 Å². The molecular weight excluding hydrogens is 236 g/mol. The SMILES string of the molecule is O=[N+]([O-])c1ccc(Oc2cccnc2)c(CO)c1. The van der Waals surface area contributed by atoms with E-state index in [2.05, 4.69) is 4.98 Å². The Morgan fingerprint density at radius 3 is 2.83 bits per heavy atom. The standard InChI is InChI=1S/C12H10N2O4/c15-8-9-6-10(14(16)17)3-4-12(9)18-11-2-1-5-13-7-11/h1-7,15H,8H2. The van der Waals surface area contributed by atoms with Gasteiger partial charge in [-0.15, -0.1) is 0 Å². The van der Waals surface area contributed by atoms with Crippen LogP contribution in [0.25, 0.3) is 0 Å². The minimum atomic E-state index is -0.521. The second kappa shape index (κ2) is 5.24. The molecule has 2 aromatic rings. The fourth-order valence-corrected chi connectivity index (χ4v) is 1.44. The number of hydrogen-bond acceptors (Lipinski definition) is 5. The highest BCUT2D eigenvalue weighted by atomic mass is 16.6. The molecule has 92 valence electrons. The lowest BCUT2D eigenvalue weighted by Gasteiger charge is -2.08. The molecule has 0 radical (unpaired) electrons. The molecular formula is C12H10N2O4. The highest BCUT2D eigenvalue weighted by molar-refractivity contribution is 5.45. The summed E-state index contributed by atoms with van der Waals surface area (Å²) in [5.74, 6) is 0.872. The lowest BCUT2D eigenvalue weighted by Crippen LogP contribution is -1.95. The maximum atomic E-state index is 10.6. The third kappa shape index (κ3) is 2.61. The number of nitro benzene ring substituents is 1. The van der Waals surface area contributed by atoms with Crippen molar-refractivity contribution in [2.75, 3.05) is 0 Å². The van der Waals surface area contributed by atoms with Crippen molar-refractivity contribution in [3.05, 3.63) is 58.4 Å². The van der Waals surface area contributed by atoms with Crippen LogP contribution in [-0.2, 0) is 6.61 Å². The first-order valence-electron chi connectivity index (χ1n) is 5.17. The minimum Gasteiger partial charge on any atom is -0.455 e. The summed E-state index contributed by atoms with van der Waals surface area (Å²) in [6.45, 7) is -0.336. The summed E-state index contributed by atoms with van der Waals surface area (Å²) >= 11 is 0. The largest absolute Gasteiger partial charge is 0.455 e. The van der Waals surface area contributed by atoms with Crippen LogP contribution in [0.3, 0.4) is 0 Å². The van der Waals surface area contributed by atoms with E-state index in [1.165, 1.54) is 24.4 Å². The number of nitrogens with zero attached hydrogens (tertiary/aromatic N) is 2. The molecule has 18 heavy (non-hydrogen) atoms. The number of benzene rings is 1. The molecule has 0 bridgehead atoms. The van der Waals surface area contributed by atoms with Crippen molar-refractivity contribution in [3.63, 3.8) is 0 Å². The maximum absolute atomic E-state index is 10.6. The molecule has 0 atom stereocenters. The highest BCUT2D eigenvalue weighted by Crippen LogP contribution is 2.28. The van der Waals surface area contributed by atoms with Crippen LogP contribution in [0.15, 0.2) is 42.7 Å². The first-order valence-corrected chi connectivity index (χ1v) is 5.17. The van der Waals surface area contributed by atoms with Gasteiger partial charge in [0.2, 0.25) is 0 Å². The monoisotopic (exact) mass is 246 g/mol. The Kier molecular flexibility index (Phi) is 3.49. The van der Waals surface area contributed by atoms with E-state index in [1.54, 1.807) is 18.3 Å². The summed E-state index contributed by atoms with van der Waals surface area (Å²) in [5.41, 5.74) is 0.269. The summed E-state index contributed by atoms with van der Waals surface area (Å²) in [7, 11) is 0. The molecule has 0 saturated heterocycles. The third-order valence-electron chi connectivity index (χ3n) is 2.29. The van der Waals surface area contributed by atoms with Crippen LogP contribution in [-0.4, -0.2) is 15.0 Å². The molecule has 1 heterocycles. The van der Waals surface area contributed by atoms with Crippen LogP contribution >= 0.6 is 0 Å². The van der Waals surface area contributed by atoms with Crippen molar-refractivity contribution in [1.29, 1.82) is 0 Å². The molecule has 0 aliphatic rings. The molecule has 6 nitrogen and oxygen atoms in total. The van der Waals surface area contributed by atoms with E-state index < -0.39 is 4.92 Å². The van der Waals surface area contributed by atoms with Crippen LogP contribution in [0.4, 0.5) is 5.69 Å². The van der Waals surface area contributed by atoms with Crippen LogP contribution in [0.5, 0.6) is 11.5 Å². The van der Waals surface area contributed by atoms with Crippen LogP contribution in [0.2, 0.25) is 0 Å². The lowest BCUT2D eigenvalue weighted by atomic mass is 10.2. The van der Waals surface area contributed by atoms with Crippen molar-refractivity contribution < 1.29 is 14.8 Å². The molecule has 0 aliphatic carbocycles. The summed E-state index contributed by atoms with van der Waals surface area (Å²) in [6, 6.07) is 7.47. The molecule has 0 saturated carbocycles. The fourth-order valence-electron chi connectivity index (χ4n) is 1.44. The van der Waals surface area contributed by atoms with E-state index in [-0.39, 0.29) is 12.3 Å². The molecule has 2 rings (SSSR count). The number of aliphatic hydroxyl groups excluding tert-OH is 1. The van der Waals surface area contributed by atoms with Crippen LogP contribution < -0.4 is 4.74 Å². The number of pyridine rings is 1. The zero-order valence-corrected chi connectivity index (χ0v) is 9.31. The first-order chi connectivity index (χ1) is 8.70. The molecule has 0 amide bonds. The van der Waals surface area contributed by atoms with E-state index in [1.807, 2.05) is 0 Å². The fraction of sp³-hybridized carbons (Fsp3) is 0.0833. The molecule has 1 aromatic heterocycles. The van der Waals surface area contributed by atoms with Crippen molar-refractivity contribution in [2.24, 2.45) is 0 Å². The Morgan fingerprint density at radius 2 is 2.22 bits per heavy atom. The lowest BCUT2D eigenvalue weighted by molar-refractivity contribution is -0.385. The van der Waals surface area contributed by atoms with Gasteiger partial charge in [0.15, 0.2) is 0 Å². The van der Waals surface area contributed by atoms with Crippen LogP contribution in [0, 0.1) is 10.1 Å². The minimum absolute atomic E-state index is 0.0856. The van der Waals surface area contributed by atoms with Crippen molar-refractivity contribution >= 4 is 5.69 Å². The average molecular weight is 246 g/mol. The van der Waals surface area contributed by atoms with Gasteiger partial charge >= 0.3 is 0 Å². The molecule has 0 aliphatic heterocycles. The van der Waals surface area contributed by atoms with Gasteiger partial charge in [-0.2, -0.15) is 0 Å². The number of ether oxygens (including phenoxy) is 1. The zero-order chi connectivity index (χ0) is 13.0. The number of nitro groups is 1. The van der Waals surface area contributed by atoms with E-state index in [0.717, 1.165) is 0 Å². The van der Waals surface area contributed by atoms with Gasteiger partial charge in [0.25, 0.3) is 5.69 Å². The maximum Gasteiger partial charge on any atom is 0.270 e. The number of aromatic nitrogens is 1. The molecule has 1 N–H and O–H groups in total. The Hall–Kier alpha value is -2.47. The van der Waals surface area contributed by atoms with Gasteiger partial charge in [0.05, 0.1) is 17.7 Å². The van der Waals surface area contributed by atoms with Gasteiger partial charge in [-0.1, -0.05) is 0 Å². The molecule has 1 aromatic carbocycles. The van der Waals surface area contributed by atoms with Gasteiger partial charge in [-0.25, -0.2) is 0 Å². The van der Waals surface area contributed by atoms with Crippen molar-refractivity contribution in [3.8, 4) is 11.5 Å². The molecule has 0 fully saturated rings.